The molecule has 0 aliphatic heterocycles. The fourth-order valence-electron chi connectivity index (χ4n) is 1.66. The van der Waals surface area contributed by atoms with Crippen LogP contribution in [0.3, 0.4) is 0 Å². The van der Waals surface area contributed by atoms with E-state index in [-0.39, 0.29) is 6.61 Å². The second kappa shape index (κ2) is 6.42. The molecule has 0 atom stereocenters. The van der Waals surface area contributed by atoms with Gasteiger partial charge in [-0.1, -0.05) is 12.1 Å². The number of rotatable bonds is 5. The Morgan fingerprint density at radius 3 is 2.67 bits per heavy atom. The Labute approximate surface area is 111 Å². The minimum Gasteiger partial charge on any atom is -0.392 e. The standard InChI is InChI=1S/C14H16N2OS/c1-18-13-4-2-11(3-5-13)8-16-14-9-15-7-6-12(14)10-17/h2-7,9,16-17H,8,10H2,1H3. The third kappa shape index (κ3) is 3.24. The second-order valence-electron chi connectivity index (χ2n) is 3.89. The number of nitrogens with zero attached hydrogens (tertiary/aromatic N) is 1. The van der Waals surface area contributed by atoms with Crippen molar-refractivity contribution >= 4 is 17.4 Å². The largest absolute Gasteiger partial charge is 0.392 e. The number of aromatic nitrogens is 1. The Morgan fingerprint density at radius 2 is 2.00 bits per heavy atom. The van der Waals surface area contributed by atoms with E-state index in [4.69, 9.17) is 0 Å². The summed E-state index contributed by atoms with van der Waals surface area (Å²) in [4.78, 5) is 5.32. The van der Waals surface area contributed by atoms with Crippen molar-refractivity contribution in [2.75, 3.05) is 11.6 Å². The highest BCUT2D eigenvalue weighted by molar-refractivity contribution is 7.98. The first kappa shape index (κ1) is 12.9. The minimum atomic E-state index is 0.0241. The predicted octanol–water partition coefficient (Wildman–Crippen LogP) is 2.91. The summed E-state index contributed by atoms with van der Waals surface area (Å²) in [5, 5.41) is 12.5. The van der Waals surface area contributed by atoms with Crippen molar-refractivity contribution in [3.05, 3.63) is 53.9 Å². The van der Waals surface area contributed by atoms with Crippen molar-refractivity contribution in [3.63, 3.8) is 0 Å². The van der Waals surface area contributed by atoms with Gasteiger partial charge in [0.25, 0.3) is 0 Å². The molecular weight excluding hydrogens is 244 g/mol. The van der Waals surface area contributed by atoms with Crippen LogP contribution in [0, 0.1) is 0 Å². The second-order valence-corrected chi connectivity index (χ2v) is 4.77. The molecule has 0 amide bonds. The van der Waals surface area contributed by atoms with Crippen LogP contribution in [0.1, 0.15) is 11.1 Å². The summed E-state index contributed by atoms with van der Waals surface area (Å²) in [5.74, 6) is 0. The molecule has 0 spiro atoms. The molecule has 0 radical (unpaired) electrons. The normalized spacial score (nSPS) is 10.3. The molecule has 0 unspecified atom stereocenters. The van der Waals surface area contributed by atoms with E-state index in [9.17, 15) is 5.11 Å². The SMILES string of the molecule is CSc1ccc(CNc2cnccc2CO)cc1. The van der Waals surface area contributed by atoms with E-state index in [1.807, 2.05) is 6.07 Å². The van der Waals surface area contributed by atoms with Crippen molar-refractivity contribution in [3.8, 4) is 0 Å². The zero-order valence-corrected chi connectivity index (χ0v) is 11.1. The molecule has 4 heteroatoms. The topological polar surface area (TPSA) is 45.2 Å². The van der Waals surface area contributed by atoms with E-state index in [1.165, 1.54) is 10.5 Å². The van der Waals surface area contributed by atoms with Crippen molar-refractivity contribution in [1.29, 1.82) is 0 Å². The van der Waals surface area contributed by atoms with Crippen molar-refractivity contribution in [1.82, 2.24) is 4.98 Å². The molecule has 1 aromatic heterocycles. The lowest BCUT2D eigenvalue weighted by Crippen LogP contribution is -2.02. The molecule has 0 aliphatic carbocycles. The van der Waals surface area contributed by atoms with Gasteiger partial charge in [-0.25, -0.2) is 0 Å². The summed E-state index contributed by atoms with van der Waals surface area (Å²) in [6.07, 6.45) is 5.49. The zero-order valence-electron chi connectivity index (χ0n) is 10.3. The first-order chi connectivity index (χ1) is 8.83. The average Bonchev–Trinajstić information content (AvgIpc) is 2.46. The van der Waals surface area contributed by atoms with E-state index in [0.717, 1.165) is 17.8 Å². The Hall–Kier alpha value is -1.52. The molecule has 0 aliphatic rings. The fraction of sp³-hybridized carbons (Fsp3) is 0.214. The fourth-order valence-corrected chi connectivity index (χ4v) is 2.07. The van der Waals surface area contributed by atoms with Crippen LogP contribution in [-0.4, -0.2) is 16.3 Å². The third-order valence-electron chi connectivity index (χ3n) is 2.72. The van der Waals surface area contributed by atoms with Crippen LogP contribution in [0.5, 0.6) is 0 Å². The highest BCUT2D eigenvalue weighted by atomic mass is 32.2. The number of aliphatic hydroxyl groups excluding tert-OH is 1. The summed E-state index contributed by atoms with van der Waals surface area (Å²) in [6, 6.07) is 10.2. The average molecular weight is 260 g/mol. The van der Waals surface area contributed by atoms with Gasteiger partial charge in [0.1, 0.15) is 0 Å². The number of benzene rings is 1. The van der Waals surface area contributed by atoms with Gasteiger partial charge >= 0.3 is 0 Å². The van der Waals surface area contributed by atoms with Gasteiger partial charge in [0.05, 0.1) is 18.5 Å². The van der Waals surface area contributed by atoms with E-state index in [0.29, 0.717) is 0 Å². The van der Waals surface area contributed by atoms with Crippen LogP contribution in [0.4, 0.5) is 5.69 Å². The van der Waals surface area contributed by atoms with Gasteiger partial charge in [0.15, 0.2) is 0 Å². The van der Waals surface area contributed by atoms with Gasteiger partial charge in [-0.2, -0.15) is 0 Å². The number of hydrogen-bond donors (Lipinski definition) is 2. The number of thioether (sulfide) groups is 1. The molecule has 0 bridgehead atoms. The smallest absolute Gasteiger partial charge is 0.0703 e. The molecule has 18 heavy (non-hydrogen) atoms. The Morgan fingerprint density at radius 1 is 1.22 bits per heavy atom. The number of aliphatic hydroxyl groups is 1. The molecule has 94 valence electrons. The monoisotopic (exact) mass is 260 g/mol. The van der Waals surface area contributed by atoms with Crippen LogP contribution >= 0.6 is 11.8 Å². The Balaban J connectivity index is 2.02. The van der Waals surface area contributed by atoms with Crippen molar-refractivity contribution in [2.45, 2.75) is 18.0 Å². The first-order valence-corrected chi connectivity index (χ1v) is 6.96. The lowest BCUT2D eigenvalue weighted by atomic mass is 10.2. The molecule has 3 nitrogen and oxygen atoms in total. The summed E-state index contributed by atoms with van der Waals surface area (Å²) < 4.78 is 0. The van der Waals surface area contributed by atoms with Gasteiger partial charge in [-0.05, 0) is 30.0 Å². The number of anilines is 1. The quantitative estimate of drug-likeness (QED) is 0.811. The maximum Gasteiger partial charge on any atom is 0.0703 e. The van der Waals surface area contributed by atoms with Crippen LogP contribution in [0.15, 0.2) is 47.6 Å². The molecule has 0 fully saturated rings. The molecular formula is C14H16N2OS. The maximum atomic E-state index is 9.21. The Kier molecular flexibility index (Phi) is 4.61. The lowest BCUT2D eigenvalue weighted by Gasteiger charge is -2.10. The van der Waals surface area contributed by atoms with Gasteiger partial charge < -0.3 is 10.4 Å². The maximum absolute atomic E-state index is 9.21. The van der Waals surface area contributed by atoms with Gasteiger partial charge in [-0.3, -0.25) is 4.98 Å². The molecule has 1 aromatic carbocycles. The Bertz CT molecular complexity index is 499. The minimum absolute atomic E-state index is 0.0241. The van der Waals surface area contributed by atoms with Crippen LogP contribution in [0.2, 0.25) is 0 Å². The van der Waals surface area contributed by atoms with Crippen LogP contribution in [-0.2, 0) is 13.2 Å². The summed E-state index contributed by atoms with van der Waals surface area (Å²) in [6.45, 7) is 0.754. The lowest BCUT2D eigenvalue weighted by molar-refractivity contribution is 0.282. The molecule has 1 heterocycles. The van der Waals surface area contributed by atoms with E-state index < -0.39 is 0 Å². The predicted molar refractivity (Wildman–Crippen MR) is 75.7 cm³/mol. The van der Waals surface area contributed by atoms with E-state index in [1.54, 1.807) is 24.2 Å². The van der Waals surface area contributed by atoms with Gasteiger partial charge in [-0.15, -0.1) is 11.8 Å². The number of hydrogen-bond acceptors (Lipinski definition) is 4. The summed E-state index contributed by atoms with van der Waals surface area (Å²) in [5.41, 5.74) is 2.96. The van der Waals surface area contributed by atoms with Crippen LogP contribution in [0.25, 0.3) is 0 Å². The first-order valence-electron chi connectivity index (χ1n) is 5.74. The summed E-state index contributed by atoms with van der Waals surface area (Å²) in [7, 11) is 0. The highest BCUT2D eigenvalue weighted by Gasteiger charge is 2.00. The van der Waals surface area contributed by atoms with Gasteiger partial charge in [0.2, 0.25) is 0 Å². The molecule has 2 aromatic rings. The third-order valence-corrected chi connectivity index (χ3v) is 3.47. The molecule has 2 N–H and O–H groups in total. The van der Waals surface area contributed by atoms with Crippen LogP contribution < -0.4 is 5.32 Å². The molecule has 0 saturated carbocycles. The highest BCUT2D eigenvalue weighted by Crippen LogP contribution is 2.17. The van der Waals surface area contributed by atoms with E-state index in [2.05, 4.69) is 40.8 Å². The molecule has 2 rings (SSSR count). The zero-order chi connectivity index (χ0) is 12.8. The van der Waals surface area contributed by atoms with Gasteiger partial charge in [0, 0.05) is 23.2 Å². The number of pyridine rings is 1. The number of nitrogens with one attached hydrogen (secondary N) is 1. The molecule has 0 saturated heterocycles. The van der Waals surface area contributed by atoms with E-state index >= 15 is 0 Å². The van der Waals surface area contributed by atoms with Crippen molar-refractivity contribution < 1.29 is 5.11 Å². The van der Waals surface area contributed by atoms with Crippen molar-refractivity contribution in [2.24, 2.45) is 0 Å². The summed E-state index contributed by atoms with van der Waals surface area (Å²) >= 11 is 1.73.